The molecular weight excluding hydrogens is 462 g/mol. The number of unbranched alkanes of at least 4 members (excludes halogenated alkanes) is 4. The Bertz CT molecular complexity index is 931. The summed E-state index contributed by atoms with van der Waals surface area (Å²) in [6.45, 7) is 4.55. The third-order valence-electron chi connectivity index (χ3n) is 6.83. The molecule has 7 heteroatoms. The van der Waals surface area contributed by atoms with Crippen LogP contribution in [0.25, 0.3) is 11.4 Å². The Morgan fingerprint density at radius 2 is 1.75 bits per heavy atom. The molecule has 0 bridgehead atoms. The Balaban J connectivity index is 1.42. The van der Waals surface area contributed by atoms with E-state index in [1.54, 1.807) is 12.1 Å². The van der Waals surface area contributed by atoms with Crippen LogP contribution in [-0.4, -0.2) is 34.8 Å². The summed E-state index contributed by atoms with van der Waals surface area (Å²) in [5, 5.41) is 0. The van der Waals surface area contributed by atoms with Crippen molar-refractivity contribution in [2.24, 2.45) is 5.92 Å². The molecule has 1 atom stereocenters. The monoisotopic (exact) mass is 502 g/mol. The molecule has 198 valence electrons. The minimum Gasteiger partial charge on any atom is -0.490 e. The van der Waals surface area contributed by atoms with Crippen molar-refractivity contribution < 1.29 is 23.0 Å². The van der Waals surface area contributed by atoms with E-state index in [1.807, 2.05) is 19.3 Å². The molecule has 1 aliphatic rings. The van der Waals surface area contributed by atoms with Gasteiger partial charge in [0, 0.05) is 18.0 Å². The number of aryl methyl sites for hydroxylation is 1. The number of nitrogens with zero attached hydrogens (tertiary/aromatic N) is 2. The van der Waals surface area contributed by atoms with E-state index < -0.39 is 18.0 Å². The third-order valence-corrected chi connectivity index (χ3v) is 6.83. The van der Waals surface area contributed by atoms with Crippen molar-refractivity contribution in [1.82, 2.24) is 9.97 Å². The highest BCUT2D eigenvalue weighted by atomic mass is 19.1. The summed E-state index contributed by atoms with van der Waals surface area (Å²) in [5.41, 5.74) is 1.71. The Morgan fingerprint density at radius 3 is 2.42 bits per heavy atom. The molecule has 1 heterocycles. The Hall–Kier alpha value is -2.57. The SMILES string of the molecule is CCCCCCc1cnc(-c2ccc(OC[C@H]3CC[C@H](OC(=O)[C@@H](F)CCCC)CC3)c(F)c2)nc1. The van der Waals surface area contributed by atoms with E-state index in [-0.39, 0.29) is 24.2 Å². The van der Waals surface area contributed by atoms with Gasteiger partial charge in [0.1, 0.15) is 6.10 Å². The Morgan fingerprint density at radius 1 is 1.03 bits per heavy atom. The van der Waals surface area contributed by atoms with Crippen LogP contribution in [0.2, 0.25) is 0 Å². The zero-order valence-electron chi connectivity index (χ0n) is 21.7. The lowest BCUT2D eigenvalue weighted by molar-refractivity contribution is -0.157. The number of hydrogen-bond donors (Lipinski definition) is 0. The van der Waals surface area contributed by atoms with Crippen LogP contribution in [0.5, 0.6) is 5.75 Å². The lowest BCUT2D eigenvalue weighted by Gasteiger charge is -2.28. The Labute approximate surface area is 214 Å². The molecule has 0 amide bonds. The standard InChI is InChI=1S/C29H40F2N2O3/c1-3-5-7-8-9-22-18-32-28(33-19-22)23-13-16-27(26(31)17-23)35-20-21-11-14-24(15-12-21)36-29(34)25(30)10-6-4-2/h13,16-19,21,24-25H,3-12,14-15,20H2,1-2H3/t21-,24-,25-/m0/s1. The summed E-state index contributed by atoms with van der Waals surface area (Å²) >= 11 is 0. The van der Waals surface area contributed by atoms with E-state index in [9.17, 15) is 13.6 Å². The first-order valence-corrected chi connectivity index (χ1v) is 13.6. The van der Waals surface area contributed by atoms with Gasteiger partial charge in [0.2, 0.25) is 0 Å². The van der Waals surface area contributed by atoms with Crippen LogP contribution in [0.3, 0.4) is 0 Å². The minimum absolute atomic E-state index is 0.205. The quantitative estimate of drug-likeness (QED) is 0.199. The van der Waals surface area contributed by atoms with Crippen molar-refractivity contribution in [2.45, 2.75) is 103 Å². The highest BCUT2D eigenvalue weighted by Crippen LogP contribution is 2.29. The van der Waals surface area contributed by atoms with Gasteiger partial charge in [-0.1, -0.05) is 46.0 Å². The molecule has 1 fully saturated rings. The molecule has 5 nitrogen and oxygen atoms in total. The average molecular weight is 503 g/mol. The fourth-order valence-corrected chi connectivity index (χ4v) is 4.51. The third kappa shape index (κ3) is 8.82. The molecule has 0 spiro atoms. The molecule has 1 aliphatic carbocycles. The van der Waals surface area contributed by atoms with Gasteiger partial charge in [0.05, 0.1) is 6.61 Å². The maximum absolute atomic E-state index is 14.7. The first-order valence-electron chi connectivity index (χ1n) is 13.6. The van der Waals surface area contributed by atoms with E-state index in [1.165, 1.54) is 25.3 Å². The smallest absolute Gasteiger partial charge is 0.340 e. The van der Waals surface area contributed by atoms with Crippen LogP contribution in [0, 0.1) is 11.7 Å². The molecule has 1 saturated carbocycles. The molecule has 1 aromatic heterocycles. The number of ether oxygens (including phenoxy) is 2. The maximum Gasteiger partial charge on any atom is 0.340 e. The van der Waals surface area contributed by atoms with Crippen LogP contribution in [0.1, 0.15) is 90.0 Å². The second-order valence-corrected chi connectivity index (χ2v) is 9.87. The molecule has 1 aromatic carbocycles. The minimum atomic E-state index is -1.53. The second kappa shape index (κ2) is 14.9. The van der Waals surface area contributed by atoms with Crippen molar-refractivity contribution >= 4 is 5.97 Å². The van der Waals surface area contributed by atoms with Gasteiger partial charge in [0.15, 0.2) is 23.6 Å². The highest BCUT2D eigenvalue weighted by Gasteiger charge is 2.27. The first-order chi connectivity index (χ1) is 17.5. The van der Waals surface area contributed by atoms with Crippen LogP contribution in [0.4, 0.5) is 8.78 Å². The van der Waals surface area contributed by atoms with Gasteiger partial charge in [-0.05, 0) is 74.6 Å². The van der Waals surface area contributed by atoms with Crippen LogP contribution >= 0.6 is 0 Å². The van der Waals surface area contributed by atoms with Crippen molar-refractivity contribution in [1.29, 1.82) is 0 Å². The molecule has 3 rings (SSSR count). The van der Waals surface area contributed by atoms with Crippen molar-refractivity contribution in [3.8, 4) is 17.1 Å². The van der Waals surface area contributed by atoms with E-state index >= 15 is 0 Å². The van der Waals surface area contributed by atoms with Gasteiger partial charge < -0.3 is 9.47 Å². The van der Waals surface area contributed by atoms with Crippen LogP contribution in [-0.2, 0) is 16.0 Å². The number of aromatic nitrogens is 2. The lowest BCUT2D eigenvalue weighted by Crippen LogP contribution is -2.30. The number of carbonyl (C=O) groups excluding carboxylic acids is 1. The van der Waals surface area contributed by atoms with Gasteiger partial charge in [-0.15, -0.1) is 0 Å². The maximum atomic E-state index is 14.7. The normalized spacial score (nSPS) is 18.6. The number of carbonyl (C=O) groups is 1. The predicted octanol–water partition coefficient (Wildman–Crippen LogP) is 7.41. The second-order valence-electron chi connectivity index (χ2n) is 9.87. The summed E-state index contributed by atoms with van der Waals surface area (Å²) < 4.78 is 39.7. The van der Waals surface area contributed by atoms with E-state index in [0.717, 1.165) is 37.7 Å². The molecule has 0 radical (unpaired) electrons. The van der Waals surface area contributed by atoms with Gasteiger partial charge >= 0.3 is 5.97 Å². The average Bonchev–Trinajstić information content (AvgIpc) is 2.90. The predicted molar refractivity (Wildman–Crippen MR) is 137 cm³/mol. The van der Waals surface area contributed by atoms with Gasteiger partial charge in [-0.25, -0.2) is 23.5 Å². The van der Waals surface area contributed by atoms with Gasteiger partial charge in [0.25, 0.3) is 0 Å². The van der Waals surface area contributed by atoms with Crippen LogP contribution in [0.15, 0.2) is 30.6 Å². The molecule has 0 saturated heterocycles. The molecular formula is C29H40F2N2O3. The summed E-state index contributed by atoms with van der Waals surface area (Å²) in [6, 6.07) is 4.81. The summed E-state index contributed by atoms with van der Waals surface area (Å²) in [4.78, 5) is 20.7. The van der Waals surface area contributed by atoms with Gasteiger partial charge in [-0.3, -0.25) is 0 Å². The summed E-state index contributed by atoms with van der Waals surface area (Å²) in [6.07, 6.45) is 12.3. The molecule has 2 aromatic rings. The fourth-order valence-electron chi connectivity index (χ4n) is 4.51. The zero-order chi connectivity index (χ0) is 25.8. The highest BCUT2D eigenvalue weighted by molar-refractivity contribution is 5.74. The van der Waals surface area contributed by atoms with Crippen molar-refractivity contribution in [3.05, 3.63) is 42.0 Å². The van der Waals surface area contributed by atoms with Gasteiger partial charge in [-0.2, -0.15) is 0 Å². The largest absolute Gasteiger partial charge is 0.490 e. The first kappa shape index (κ1) is 28.0. The number of alkyl halides is 1. The molecule has 36 heavy (non-hydrogen) atoms. The Kier molecular flexibility index (Phi) is 11.6. The zero-order valence-corrected chi connectivity index (χ0v) is 21.7. The molecule has 0 unspecified atom stereocenters. The number of hydrogen-bond acceptors (Lipinski definition) is 5. The summed E-state index contributed by atoms with van der Waals surface area (Å²) in [5.74, 6) is -0.236. The molecule has 0 aliphatic heterocycles. The van der Waals surface area contributed by atoms with Crippen LogP contribution < -0.4 is 4.74 Å². The topological polar surface area (TPSA) is 61.3 Å². The number of esters is 1. The van der Waals surface area contributed by atoms with E-state index in [2.05, 4.69) is 16.9 Å². The van der Waals surface area contributed by atoms with E-state index in [4.69, 9.17) is 9.47 Å². The lowest BCUT2D eigenvalue weighted by atomic mass is 9.88. The fraction of sp³-hybridized carbons (Fsp3) is 0.621. The van der Waals surface area contributed by atoms with Crippen molar-refractivity contribution in [2.75, 3.05) is 6.61 Å². The number of halogens is 2. The van der Waals surface area contributed by atoms with E-state index in [0.29, 0.717) is 37.3 Å². The number of rotatable bonds is 14. The number of benzene rings is 1. The van der Waals surface area contributed by atoms with Crippen molar-refractivity contribution in [3.63, 3.8) is 0 Å². The summed E-state index contributed by atoms with van der Waals surface area (Å²) in [7, 11) is 0. The molecule has 0 N–H and O–H groups in total.